The van der Waals surface area contributed by atoms with Gasteiger partial charge in [0, 0.05) is 23.7 Å². The highest BCUT2D eigenvalue weighted by Crippen LogP contribution is 2.30. The van der Waals surface area contributed by atoms with Crippen LogP contribution in [0.25, 0.3) is 0 Å². The number of hydrogen-bond acceptors (Lipinski definition) is 5. The SMILES string of the molecule is CN(C)C(C)(C)CNC(=O)c1cc(Cl)c(N)c([N+](=O)[O-])c1. The summed E-state index contributed by atoms with van der Waals surface area (Å²) in [4.78, 5) is 24.3. The zero-order chi connectivity index (χ0) is 16.4. The highest BCUT2D eigenvalue weighted by atomic mass is 35.5. The minimum absolute atomic E-state index is 0.0128. The fourth-order valence-electron chi connectivity index (χ4n) is 1.44. The Morgan fingerprint density at radius 2 is 2.05 bits per heavy atom. The molecule has 7 nitrogen and oxygen atoms in total. The molecular weight excluding hydrogens is 296 g/mol. The zero-order valence-electron chi connectivity index (χ0n) is 12.4. The van der Waals surface area contributed by atoms with Gasteiger partial charge in [-0.1, -0.05) is 11.6 Å². The molecule has 21 heavy (non-hydrogen) atoms. The van der Waals surface area contributed by atoms with Gasteiger partial charge < -0.3 is 16.0 Å². The van der Waals surface area contributed by atoms with Gasteiger partial charge in [-0.3, -0.25) is 14.9 Å². The Morgan fingerprint density at radius 3 is 2.52 bits per heavy atom. The van der Waals surface area contributed by atoms with Crippen molar-refractivity contribution in [3.63, 3.8) is 0 Å². The largest absolute Gasteiger partial charge is 0.392 e. The van der Waals surface area contributed by atoms with E-state index in [9.17, 15) is 14.9 Å². The number of nitro benzene ring substituents is 1. The zero-order valence-corrected chi connectivity index (χ0v) is 13.2. The van der Waals surface area contributed by atoms with Gasteiger partial charge in [0.1, 0.15) is 5.69 Å². The predicted octanol–water partition coefficient (Wildman–Crippen LogP) is 1.90. The molecule has 1 aromatic rings. The molecule has 0 aromatic heterocycles. The second kappa shape index (κ2) is 6.28. The summed E-state index contributed by atoms with van der Waals surface area (Å²) in [5.41, 5.74) is 4.86. The monoisotopic (exact) mass is 314 g/mol. The number of nitrogens with two attached hydrogens (primary N) is 1. The van der Waals surface area contributed by atoms with E-state index in [0.29, 0.717) is 6.54 Å². The van der Waals surface area contributed by atoms with Crippen molar-refractivity contribution >= 4 is 28.9 Å². The van der Waals surface area contributed by atoms with Gasteiger partial charge in [0.2, 0.25) is 0 Å². The van der Waals surface area contributed by atoms with E-state index in [4.69, 9.17) is 17.3 Å². The summed E-state index contributed by atoms with van der Waals surface area (Å²) < 4.78 is 0. The minimum atomic E-state index is -0.665. The van der Waals surface area contributed by atoms with Crippen LogP contribution in [0.2, 0.25) is 5.02 Å². The molecule has 116 valence electrons. The maximum Gasteiger partial charge on any atom is 0.294 e. The smallest absolute Gasteiger partial charge is 0.294 e. The summed E-state index contributed by atoms with van der Waals surface area (Å²) in [7, 11) is 3.80. The minimum Gasteiger partial charge on any atom is -0.392 e. The number of nitrogens with one attached hydrogen (secondary N) is 1. The molecule has 0 unspecified atom stereocenters. The topological polar surface area (TPSA) is 102 Å². The molecule has 0 atom stereocenters. The summed E-state index contributed by atoms with van der Waals surface area (Å²) >= 11 is 5.83. The van der Waals surface area contributed by atoms with Gasteiger partial charge in [-0.05, 0) is 34.0 Å². The van der Waals surface area contributed by atoms with E-state index in [0.717, 1.165) is 6.07 Å². The second-order valence-electron chi connectivity index (χ2n) is 5.54. The van der Waals surface area contributed by atoms with Crippen LogP contribution < -0.4 is 11.1 Å². The van der Waals surface area contributed by atoms with E-state index in [2.05, 4.69) is 5.32 Å². The van der Waals surface area contributed by atoms with Crippen LogP contribution in [0.15, 0.2) is 12.1 Å². The third-order valence-electron chi connectivity index (χ3n) is 3.46. The number of nitrogens with zero attached hydrogens (tertiary/aromatic N) is 2. The van der Waals surface area contributed by atoms with Crippen LogP contribution >= 0.6 is 11.6 Å². The van der Waals surface area contributed by atoms with E-state index < -0.39 is 10.8 Å². The average Bonchev–Trinajstić information content (AvgIpc) is 2.38. The molecule has 0 aliphatic heterocycles. The van der Waals surface area contributed by atoms with Gasteiger partial charge in [-0.15, -0.1) is 0 Å². The van der Waals surface area contributed by atoms with Gasteiger partial charge in [-0.2, -0.15) is 0 Å². The molecule has 0 saturated heterocycles. The first kappa shape index (κ1) is 17.2. The molecule has 0 fully saturated rings. The number of amides is 1. The molecule has 0 saturated carbocycles. The number of halogens is 1. The molecule has 0 radical (unpaired) electrons. The summed E-state index contributed by atoms with van der Waals surface area (Å²) in [6, 6.07) is 2.45. The number of rotatable bonds is 5. The van der Waals surface area contributed by atoms with Crippen molar-refractivity contribution in [2.45, 2.75) is 19.4 Å². The standard InChI is InChI=1S/C13H19ClN4O3/c1-13(2,17(3)4)7-16-12(19)8-5-9(14)11(15)10(6-8)18(20)21/h5-6H,7,15H2,1-4H3,(H,16,19). The third-order valence-corrected chi connectivity index (χ3v) is 3.77. The Bertz CT molecular complexity index is 573. The molecule has 0 spiro atoms. The maximum absolute atomic E-state index is 12.1. The van der Waals surface area contributed by atoms with Crippen LogP contribution in [0.4, 0.5) is 11.4 Å². The molecule has 1 aromatic carbocycles. The highest BCUT2D eigenvalue weighted by molar-refractivity contribution is 6.34. The quantitative estimate of drug-likeness (QED) is 0.491. The molecule has 0 aliphatic carbocycles. The first-order valence-corrected chi connectivity index (χ1v) is 6.63. The number of hydrogen-bond donors (Lipinski definition) is 2. The van der Waals surface area contributed by atoms with Crippen LogP contribution in [0.1, 0.15) is 24.2 Å². The van der Waals surface area contributed by atoms with Crippen molar-refractivity contribution in [1.29, 1.82) is 0 Å². The lowest BCUT2D eigenvalue weighted by Crippen LogP contribution is -2.48. The van der Waals surface area contributed by atoms with E-state index in [1.807, 2.05) is 32.8 Å². The predicted molar refractivity (Wildman–Crippen MR) is 82.6 cm³/mol. The van der Waals surface area contributed by atoms with Crippen molar-refractivity contribution in [2.75, 3.05) is 26.4 Å². The van der Waals surface area contributed by atoms with E-state index in [-0.39, 0.29) is 27.5 Å². The van der Waals surface area contributed by atoms with E-state index in [1.165, 1.54) is 6.07 Å². The lowest BCUT2D eigenvalue weighted by molar-refractivity contribution is -0.383. The van der Waals surface area contributed by atoms with Gasteiger partial charge in [0.05, 0.1) is 9.95 Å². The molecule has 0 heterocycles. The van der Waals surface area contributed by atoms with Crippen molar-refractivity contribution in [1.82, 2.24) is 10.2 Å². The fourth-order valence-corrected chi connectivity index (χ4v) is 1.66. The van der Waals surface area contributed by atoms with Gasteiger partial charge in [0.25, 0.3) is 11.6 Å². The van der Waals surface area contributed by atoms with Crippen LogP contribution in [0, 0.1) is 10.1 Å². The third kappa shape index (κ3) is 4.05. The summed E-state index contributed by atoms with van der Waals surface area (Å²) in [5, 5.41) is 13.6. The maximum atomic E-state index is 12.1. The average molecular weight is 315 g/mol. The Balaban J connectivity index is 2.96. The Labute approximate surface area is 128 Å². The number of nitrogen functional groups attached to an aromatic ring is 1. The first-order valence-electron chi connectivity index (χ1n) is 6.25. The molecule has 8 heteroatoms. The summed E-state index contributed by atoms with van der Waals surface area (Å²) in [5.74, 6) is -0.435. The normalized spacial score (nSPS) is 11.5. The van der Waals surface area contributed by atoms with Gasteiger partial charge in [0.15, 0.2) is 0 Å². The van der Waals surface area contributed by atoms with Gasteiger partial charge >= 0.3 is 0 Å². The van der Waals surface area contributed by atoms with Crippen LogP contribution in [0.3, 0.4) is 0 Å². The summed E-state index contributed by atoms with van der Waals surface area (Å²) in [6.07, 6.45) is 0. The lowest BCUT2D eigenvalue weighted by atomic mass is 10.0. The van der Waals surface area contributed by atoms with Crippen LogP contribution in [0.5, 0.6) is 0 Å². The number of likely N-dealkylation sites (N-methyl/N-ethyl adjacent to an activating group) is 1. The van der Waals surface area contributed by atoms with E-state index >= 15 is 0 Å². The lowest BCUT2D eigenvalue weighted by Gasteiger charge is -2.32. The second-order valence-corrected chi connectivity index (χ2v) is 5.94. The van der Waals surface area contributed by atoms with Crippen LogP contribution in [-0.2, 0) is 0 Å². The van der Waals surface area contributed by atoms with Gasteiger partial charge in [-0.25, -0.2) is 0 Å². The fraction of sp³-hybridized carbons (Fsp3) is 0.462. The Morgan fingerprint density at radius 1 is 1.48 bits per heavy atom. The van der Waals surface area contributed by atoms with Crippen molar-refractivity contribution in [3.8, 4) is 0 Å². The molecule has 1 rings (SSSR count). The molecule has 0 aliphatic rings. The molecular formula is C13H19ClN4O3. The molecule has 3 N–H and O–H groups in total. The molecule has 1 amide bonds. The number of nitro groups is 1. The van der Waals surface area contributed by atoms with Crippen molar-refractivity contribution < 1.29 is 9.72 Å². The van der Waals surface area contributed by atoms with Crippen molar-refractivity contribution in [3.05, 3.63) is 32.8 Å². The molecule has 0 bridgehead atoms. The van der Waals surface area contributed by atoms with E-state index in [1.54, 1.807) is 0 Å². The highest BCUT2D eigenvalue weighted by Gasteiger charge is 2.23. The summed E-state index contributed by atoms with van der Waals surface area (Å²) in [6.45, 7) is 4.31. The number of carbonyl (C=O) groups excluding carboxylic acids is 1. The van der Waals surface area contributed by atoms with Crippen LogP contribution in [-0.4, -0.2) is 41.9 Å². The number of carbonyl (C=O) groups is 1. The number of anilines is 1. The Hall–Kier alpha value is -1.86. The Kier molecular flexibility index (Phi) is 5.14. The first-order chi connectivity index (χ1) is 9.56. The number of benzene rings is 1. The van der Waals surface area contributed by atoms with Crippen molar-refractivity contribution in [2.24, 2.45) is 0 Å².